The van der Waals surface area contributed by atoms with Gasteiger partial charge in [0.15, 0.2) is 5.11 Å². The summed E-state index contributed by atoms with van der Waals surface area (Å²) >= 11 is 5.01. The molecule has 0 unspecified atom stereocenters. The number of rotatable bonds is 7. The van der Waals surface area contributed by atoms with Crippen LogP contribution >= 0.6 is 12.2 Å². The van der Waals surface area contributed by atoms with Gasteiger partial charge >= 0.3 is 0 Å². The molecule has 3 amide bonds. The van der Waals surface area contributed by atoms with E-state index in [4.69, 9.17) is 17.0 Å². The molecule has 9 heteroatoms. The van der Waals surface area contributed by atoms with Crippen molar-refractivity contribution >= 4 is 46.8 Å². The van der Waals surface area contributed by atoms with Crippen molar-refractivity contribution in [3.63, 3.8) is 0 Å². The standard InChI is InChI=1S/C23H26N4O4S/c1-4-31-19-12-5-16(6-13-19)7-14-20(28)25-23(32)27-26-22(30)17-8-10-18(11-9-17)24-21(29)15(2)3/h5-15H,4H2,1-3H3,(H,24,29)(H,26,30)(H2,25,27,28,32)/b14-7+. The maximum Gasteiger partial charge on any atom is 0.269 e. The fourth-order valence-electron chi connectivity index (χ4n) is 2.38. The van der Waals surface area contributed by atoms with Gasteiger partial charge in [0, 0.05) is 23.2 Å². The molecule has 2 aromatic rings. The first kappa shape index (κ1) is 24.5. The summed E-state index contributed by atoms with van der Waals surface area (Å²) in [6.07, 6.45) is 2.96. The van der Waals surface area contributed by atoms with Gasteiger partial charge in [0.2, 0.25) is 11.8 Å². The molecular formula is C23H26N4O4S. The molecule has 0 saturated heterocycles. The van der Waals surface area contributed by atoms with Gasteiger partial charge in [-0.2, -0.15) is 0 Å². The van der Waals surface area contributed by atoms with Crippen molar-refractivity contribution in [3.8, 4) is 5.75 Å². The summed E-state index contributed by atoms with van der Waals surface area (Å²) in [5, 5.41) is 5.13. The Labute approximate surface area is 192 Å². The fourth-order valence-corrected chi connectivity index (χ4v) is 2.53. The molecule has 0 saturated carbocycles. The van der Waals surface area contributed by atoms with Crippen molar-refractivity contribution in [3.05, 3.63) is 65.7 Å². The number of hydrogen-bond donors (Lipinski definition) is 4. The number of hydrogen-bond acceptors (Lipinski definition) is 5. The van der Waals surface area contributed by atoms with Crippen LogP contribution in [0.2, 0.25) is 0 Å². The van der Waals surface area contributed by atoms with Gasteiger partial charge in [-0.15, -0.1) is 0 Å². The molecule has 0 aromatic heterocycles. The van der Waals surface area contributed by atoms with Crippen molar-refractivity contribution < 1.29 is 19.1 Å². The molecule has 2 aromatic carbocycles. The predicted octanol–water partition coefficient (Wildman–Crippen LogP) is 3.03. The average molecular weight is 455 g/mol. The van der Waals surface area contributed by atoms with Gasteiger partial charge in [-0.05, 0) is 67.2 Å². The molecular weight excluding hydrogens is 428 g/mol. The normalized spacial score (nSPS) is 10.5. The first-order chi connectivity index (χ1) is 15.3. The fraction of sp³-hybridized carbons (Fsp3) is 0.217. The summed E-state index contributed by atoms with van der Waals surface area (Å²) in [4.78, 5) is 35.9. The summed E-state index contributed by atoms with van der Waals surface area (Å²) in [7, 11) is 0. The number of carbonyl (C=O) groups excluding carboxylic acids is 3. The minimum atomic E-state index is -0.451. The lowest BCUT2D eigenvalue weighted by Crippen LogP contribution is -2.48. The van der Waals surface area contributed by atoms with Crippen LogP contribution in [0.25, 0.3) is 6.08 Å². The second-order valence-corrected chi connectivity index (χ2v) is 7.36. The van der Waals surface area contributed by atoms with Crippen LogP contribution < -0.4 is 26.2 Å². The maximum atomic E-state index is 12.2. The zero-order valence-electron chi connectivity index (χ0n) is 18.1. The van der Waals surface area contributed by atoms with Gasteiger partial charge in [0.25, 0.3) is 5.91 Å². The van der Waals surface area contributed by atoms with Crippen LogP contribution in [0.15, 0.2) is 54.6 Å². The largest absolute Gasteiger partial charge is 0.494 e. The number of benzene rings is 2. The van der Waals surface area contributed by atoms with Crippen LogP contribution in [-0.2, 0) is 9.59 Å². The summed E-state index contributed by atoms with van der Waals surface area (Å²) in [5.74, 6) is -0.398. The molecule has 0 heterocycles. The van der Waals surface area contributed by atoms with E-state index >= 15 is 0 Å². The SMILES string of the molecule is CCOc1ccc(/C=C/C(=O)NC(=S)NNC(=O)c2ccc(NC(=O)C(C)C)cc2)cc1. The Bertz CT molecular complexity index is 986. The molecule has 0 bridgehead atoms. The summed E-state index contributed by atoms with van der Waals surface area (Å²) in [6, 6.07) is 13.7. The van der Waals surface area contributed by atoms with Gasteiger partial charge in [-0.1, -0.05) is 26.0 Å². The van der Waals surface area contributed by atoms with Crippen LogP contribution in [0.1, 0.15) is 36.7 Å². The number of hydrazine groups is 1. The van der Waals surface area contributed by atoms with E-state index in [1.54, 1.807) is 44.2 Å². The highest BCUT2D eigenvalue weighted by Gasteiger charge is 2.09. The molecule has 0 spiro atoms. The lowest BCUT2D eigenvalue weighted by Gasteiger charge is -2.11. The second-order valence-electron chi connectivity index (χ2n) is 6.95. The van der Waals surface area contributed by atoms with Crippen molar-refractivity contribution in [2.75, 3.05) is 11.9 Å². The number of amides is 3. The number of nitrogens with one attached hydrogen (secondary N) is 4. The Balaban J connectivity index is 1.78. The monoisotopic (exact) mass is 454 g/mol. The van der Waals surface area contributed by atoms with E-state index in [-0.39, 0.29) is 16.9 Å². The van der Waals surface area contributed by atoms with Crippen LogP contribution in [0.3, 0.4) is 0 Å². The van der Waals surface area contributed by atoms with E-state index in [2.05, 4.69) is 21.5 Å². The molecule has 32 heavy (non-hydrogen) atoms. The topological polar surface area (TPSA) is 109 Å². The zero-order chi connectivity index (χ0) is 23.5. The quantitative estimate of drug-likeness (QED) is 0.291. The highest BCUT2D eigenvalue weighted by Crippen LogP contribution is 2.13. The maximum absolute atomic E-state index is 12.2. The average Bonchev–Trinajstić information content (AvgIpc) is 2.77. The van der Waals surface area contributed by atoms with E-state index in [1.165, 1.54) is 6.08 Å². The van der Waals surface area contributed by atoms with Crippen LogP contribution in [-0.4, -0.2) is 29.4 Å². The molecule has 4 N–H and O–H groups in total. The Morgan fingerprint density at radius 2 is 1.66 bits per heavy atom. The third kappa shape index (κ3) is 8.19. The van der Waals surface area contributed by atoms with Crippen molar-refractivity contribution in [2.24, 2.45) is 5.92 Å². The molecule has 0 aliphatic heterocycles. The lowest BCUT2D eigenvalue weighted by molar-refractivity contribution is -0.119. The first-order valence-corrected chi connectivity index (χ1v) is 10.4. The van der Waals surface area contributed by atoms with E-state index in [1.807, 2.05) is 31.2 Å². The van der Waals surface area contributed by atoms with Gasteiger partial charge in [-0.25, -0.2) is 0 Å². The van der Waals surface area contributed by atoms with Gasteiger partial charge in [0.1, 0.15) is 5.75 Å². The highest BCUT2D eigenvalue weighted by atomic mass is 32.1. The lowest BCUT2D eigenvalue weighted by atomic mass is 10.1. The minimum Gasteiger partial charge on any atom is -0.494 e. The summed E-state index contributed by atoms with van der Waals surface area (Å²) < 4.78 is 5.37. The molecule has 0 aliphatic carbocycles. The first-order valence-electron chi connectivity index (χ1n) is 10.0. The van der Waals surface area contributed by atoms with E-state index in [9.17, 15) is 14.4 Å². The van der Waals surface area contributed by atoms with Gasteiger partial charge < -0.3 is 10.1 Å². The molecule has 0 radical (unpaired) electrons. The Morgan fingerprint density at radius 1 is 1.00 bits per heavy atom. The summed E-state index contributed by atoms with van der Waals surface area (Å²) in [5.41, 5.74) is 6.64. The van der Waals surface area contributed by atoms with Crippen LogP contribution in [0.5, 0.6) is 5.75 Å². The molecule has 8 nitrogen and oxygen atoms in total. The molecule has 2 rings (SSSR count). The number of thiocarbonyl (C=S) groups is 1. The van der Waals surface area contributed by atoms with Crippen molar-refractivity contribution in [1.82, 2.24) is 16.2 Å². The van der Waals surface area contributed by atoms with Crippen LogP contribution in [0.4, 0.5) is 5.69 Å². The van der Waals surface area contributed by atoms with Crippen molar-refractivity contribution in [1.29, 1.82) is 0 Å². The highest BCUT2D eigenvalue weighted by molar-refractivity contribution is 7.80. The minimum absolute atomic E-state index is 0.0551. The van der Waals surface area contributed by atoms with E-state index < -0.39 is 11.8 Å². The smallest absolute Gasteiger partial charge is 0.269 e. The number of carbonyl (C=O) groups is 3. The third-order valence-electron chi connectivity index (χ3n) is 4.08. The second kappa shape index (κ2) is 12.2. The van der Waals surface area contributed by atoms with E-state index in [0.29, 0.717) is 17.9 Å². The van der Waals surface area contributed by atoms with Gasteiger partial charge in [-0.3, -0.25) is 30.6 Å². The molecule has 0 fully saturated rings. The Morgan fingerprint density at radius 3 is 2.25 bits per heavy atom. The Hall–Kier alpha value is -3.72. The van der Waals surface area contributed by atoms with Crippen molar-refractivity contribution in [2.45, 2.75) is 20.8 Å². The number of ether oxygens (including phenoxy) is 1. The van der Waals surface area contributed by atoms with Gasteiger partial charge in [0.05, 0.1) is 6.61 Å². The number of anilines is 1. The molecule has 0 aliphatic rings. The third-order valence-corrected chi connectivity index (χ3v) is 4.29. The summed E-state index contributed by atoms with van der Waals surface area (Å²) in [6.45, 7) is 6.07. The molecule has 168 valence electrons. The Kier molecular flexibility index (Phi) is 9.37. The predicted molar refractivity (Wildman–Crippen MR) is 128 cm³/mol. The van der Waals surface area contributed by atoms with Crippen LogP contribution in [0, 0.1) is 5.92 Å². The van der Waals surface area contributed by atoms with E-state index in [0.717, 1.165) is 11.3 Å². The zero-order valence-corrected chi connectivity index (χ0v) is 18.9. The molecule has 0 atom stereocenters.